The van der Waals surface area contributed by atoms with Gasteiger partial charge in [-0.3, -0.25) is 4.79 Å². The second-order valence-electron chi connectivity index (χ2n) is 8.07. The van der Waals surface area contributed by atoms with E-state index in [1.54, 1.807) is 0 Å². The van der Waals surface area contributed by atoms with Crippen molar-refractivity contribution in [3.05, 3.63) is 35.4 Å². The van der Waals surface area contributed by atoms with Crippen LogP contribution in [0.15, 0.2) is 29.8 Å². The SMILES string of the molecule is CN(C)c1ccc(/C=C(\C#N)C(=O)OCC(=O)N2CCC[C@H]3CCCC[C@@H]32)cc1. The summed E-state index contributed by atoms with van der Waals surface area (Å²) in [5, 5.41) is 9.35. The van der Waals surface area contributed by atoms with Gasteiger partial charge in [0.25, 0.3) is 5.91 Å². The number of hydrogen-bond acceptors (Lipinski definition) is 5. The lowest BCUT2D eigenvalue weighted by atomic mass is 9.78. The Morgan fingerprint density at radius 2 is 1.86 bits per heavy atom. The molecule has 1 amide bonds. The second kappa shape index (κ2) is 9.60. The van der Waals surface area contributed by atoms with Crippen molar-refractivity contribution in [1.29, 1.82) is 5.26 Å². The van der Waals surface area contributed by atoms with Gasteiger partial charge in [0.05, 0.1) is 0 Å². The lowest BCUT2D eigenvalue weighted by Gasteiger charge is -2.44. The minimum atomic E-state index is -0.755. The van der Waals surface area contributed by atoms with Crippen LogP contribution in [0.25, 0.3) is 6.08 Å². The zero-order valence-electron chi connectivity index (χ0n) is 17.3. The highest BCUT2D eigenvalue weighted by atomic mass is 16.5. The molecule has 1 saturated carbocycles. The Morgan fingerprint density at radius 1 is 1.17 bits per heavy atom. The van der Waals surface area contributed by atoms with Crippen LogP contribution in [0.4, 0.5) is 5.69 Å². The zero-order valence-corrected chi connectivity index (χ0v) is 17.3. The van der Waals surface area contributed by atoms with Crippen LogP contribution < -0.4 is 4.90 Å². The zero-order chi connectivity index (χ0) is 20.8. The Labute approximate surface area is 172 Å². The summed E-state index contributed by atoms with van der Waals surface area (Å²) in [6.45, 7) is 0.428. The van der Waals surface area contributed by atoms with E-state index in [0.29, 0.717) is 5.92 Å². The molecule has 0 spiro atoms. The third-order valence-electron chi connectivity index (χ3n) is 5.95. The molecule has 6 heteroatoms. The van der Waals surface area contributed by atoms with Crippen molar-refractivity contribution in [2.45, 2.75) is 44.6 Å². The van der Waals surface area contributed by atoms with E-state index in [4.69, 9.17) is 4.74 Å². The Morgan fingerprint density at radius 3 is 2.55 bits per heavy atom. The van der Waals surface area contributed by atoms with Gasteiger partial charge in [0.2, 0.25) is 0 Å². The summed E-state index contributed by atoms with van der Waals surface area (Å²) in [7, 11) is 3.88. The van der Waals surface area contributed by atoms with E-state index in [-0.39, 0.29) is 24.1 Å². The topological polar surface area (TPSA) is 73.6 Å². The number of carbonyl (C=O) groups is 2. The minimum Gasteiger partial charge on any atom is -0.451 e. The number of rotatable bonds is 5. The van der Waals surface area contributed by atoms with Crippen molar-refractivity contribution in [2.75, 3.05) is 32.1 Å². The van der Waals surface area contributed by atoms with Crippen LogP contribution in [0.2, 0.25) is 0 Å². The summed E-state index contributed by atoms with van der Waals surface area (Å²) >= 11 is 0. The van der Waals surface area contributed by atoms with Crippen molar-refractivity contribution >= 4 is 23.6 Å². The highest BCUT2D eigenvalue weighted by molar-refractivity contribution is 5.98. The molecule has 3 rings (SSSR count). The first-order valence-corrected chi connectivity index (χ1v) is 10.4. The Balaban J connectivity index is 1.59. The normalized spacial score (nSPS) is 21.7. The first kappa shape index (κ1) is 20.9. The first-order valence-electron chi connectivity index (χ1n) is 10.4. The molecule has 0 aromatic heterocycles. The lowest BCUT2D eigenvalue weighted by molar-refractivity contribution is -0.152. The molecule has 1 saturated heterocycles. The smallest absolute Gasteiger partial charge is 0.349 e. The number of carbonyl (C=O) groups excluding carboxylic acids is 2. The third-order valence-corrected chi connectivity index (χ3v) is 5.95. The highest BCUT2D eigenvalue weighted by Crippen LogP contribution is 2.35. The fourth-order valence-corrected chi connectivity index (χ4v) is 4.39. The maximum atomic E-state index is 12.7. The van der Waals surface area contributed by atoms with E-state index in [1.165, 1.54) is 25.3 Å². The molecule has 1 aromatic carbocycles. The van der Waals surface area contributed by atoms with Gasteiger partial charge in [-0.25, -0.2) is 4.79 Å². The standard InChI is InChI=1S/C23H29N3O3/c1-25(2)20-11-9-17(10-12-20)14-19(15-24)23(28)29-16-22(27)26-13-5-7-18-6-3-4-8-21(18)26/h9-12,14,18,21H,3-8,13,16H2,1-2H3/b19-14+/t18-,21+/m1/s1. The molecule has 0 radical (unpaired) electrons. The van der Waals surface area contributed by atoms with E-state index < -0.39 is 5.97 Å². The maximum absolute atomic E-state index is 12.7. The fraction of sp³-hybridized carbons (Fsp3) is 0.522. The number of fused-ring (bicyclic) bond motifs is 1. The first-order chi connectivity index (χ1) is 14.0. The Kier molecular flexibility index (Phi) is 6.92. The molecule has 1 aliphatic heterocycles. The quantitative estimate of drug-likeness (QED) is 0.434. The van der Waals surface area contributed by atoms with Gasteiger partial charge < -0.3 is 14.5 Å². The average Bonchev–Trinajstić information content (AvgIpc) is 2.75. The molecule has 0 bridgehead atoms. The van der Waals surface area contributed by atoms with Crippen molar-refractivity contribution in [2.24, 2.45) is 5.92 Å². The van der Waals surface area contributed by atoms with E-state index in [0.717, 1.165) is 37.1 Å². The molecular weight excluding hydrogens is 366 g/mol. The monoisotopic (exact) mass is 395 g/mol. The van der Waals surface area contributed by atoms with Crippen molar-refractivity contribution < 1.29 is 14.3 Å². The van der Waals surface area contributed by atoms with Gasteiger partial charge in [-0.2, -0.15) is 5.26 Å². The third kappa shape index (κ3) is 5.17. The van der Waals surface area contributed by atoms with Crippen LogP contribution >= 0.6 is 0 Å². The van der Waals surface area contributed by atoms with Crippen LogP contribution in [0.3, 0.4) is 0 Å². The Bertz CT molecular complexity index is 806. The predicted octanol–water partition coefficient (Wildman–Crippen LogP) is 3.38. The highest BCUT2D eigenvalue weighted by Gasteiger charge is 2.35. The number of piperidine rings is 1. The van der Waals surface area contributed by atoms with E-state index >= 15 is 0 Å². The summed E-state index contributed by atoms with van der Waals surface area (Å²) in [6.07, 6.45) is 8.29. The molecule has 1 heterocycles. The van der Waals surface area contributed by atoms with Crippen LogP contribution in [-0.4, -0.2) is 50.1 Å². The Hall–Kier alpha value is -2.81. The van der Waals surface area contributed by atoms with E-state index in [2.05, 4.69) is 0 Å². The van der Waals surface area contributed by atoms with Gasteiger partial charge in [-0.15, -0.1) is 0 Å². The van der Waals surface area contributed by atoms with Crippen LogP contribution in [0.5, 0.6) is 0 Å². The summed E-state index contributed by atoms with van der Waals surface area (Å²) < 4.78 is 5.19. The molecule has 0 N–H and O–H groups in total. The van der Waals surface area contributed by atoms with Crippen molar-refractivity contribution in [3.63, 3.8) is 0 Å². The number of ether oxygens (including phenoxy) is 1. The molecule has 1 aromatic rings. The second-order valence-corrected chi connectivity index (χ2v) is 8.07. The van der Waals surface area contributed by atoms with Gasteiger partial charge in [-0.05, 0) is 55.4 Å². The summed E-state index contributed by atoms with van der Waals surface area (Å²) in [5.74, 6) is -0.325. The minimum absolute atomic E-state index is 0.107. The van der Waals surface area contributed by atoms with Gasteiger partial charge in [0.15, 0.2) is 6.61 Å². The van der Waals surface area contributed by atoms with Crippen LogP contribution in [-0.2, 0) is 14.3 Å². The predicted molar refractivity (Wildman–Crippen MR) is 112 cm³/mol. The van der Waals surface area contributed by atoms with Gasteiger partial charge in [0.1, 0.15) is 11.6 Å². The van der Waals surface area contributed by atoms with Gasteiger partial charge in [0, 0.05) is 32.4 Å². The van der Waals surface area contributed by atoms with Crippen molar-refractivity contribution in [1.82, 2.24) is 4.90 Å². The molecular formula is C23H29N3O3. The van der Waals surface area contributed by atoms with Gasteiger partial charge >= 0.3 is 5.97 Å². The van der Waals surface area contributed by atoms with Crippen LogP contribution in [0, 0.1) is 17.2 Å². The molecule has 29 heavy (non-hydrogen) atoms. The molecule has 1 aliphatic carbocycles. The number of benzene rings is 1. The summed E-state index contributed by atoms with van der Waals surface area (Å²) in [6, 6.07) is 9.66. The van der Waals surface area contributed by atoms with Crippen molar-refractivity contribution in [3.8, 4) is 6.07 Å². The number of amides is 1. The van der Waals surface area contributed by atoms with Gasteiger partial charge in [-0.1, -0.05) is 25.0 Å². The number of likely N-dealkylation sites (tertiary alicyclic amines) is 1. The van der Waals surface area contributed by atoms with Crippen LogP contribution in [0.1, 0.15) is 44.1 Å². The maximum Gasteiger partial charge on any atom is 0.349 e. The largest absolute Gasteiger partial charge is 0.451 e. The molecule has 0 unspecified atom stereocenters. The number of esters is 1. The number of nitriles is 1. The van der Waals surface area contributed by atoms with E-state index in [1.807, 2.05) is 54.2 Å². The average molecular weight is 396 g/mol. The summed E-state index contributed by atoms with van der Waals surface area (Å²) in [5.41, 5.74) is 1.65. The molecule has 154 valence electrons. The lowest BCUT2D eigenvalue weighted by Crippen LogP contribution is -2.50. The number of nitrogens with zero attached hydrogens (tertiary/aromatic N) is 3. The molecule has 2 atom stereocenters. The molecule has 2 aliphatic rings. The molecule has 2 fully saturated rings. The number of hydrogen-bond donors (Lipinski definition) is 0. The van der Waals surface area contributed by atoms with E-state index in [9.17, 15) is 14.9 Å². The summed E-state index contributed by atoms with van der Waals surface area (Å²) in [4.78, 5) is 28.9. The fourth-order valence-electron chi connectivity index (χ4n) is 4.39. The number of anilines is 1. The molecule has 6 nitrogen and oxygen atoms in total.